The van der Waals surface area contributed by atoms with Gasteiger partial charge in [0.25, 0.3) is 0 Å². The standard InChI is InChI=1S/C28H31FN6O/c1-20(24-8-7-23(29)16-27(24)36-3)18-33-28(31-2)35-13-11-34(12-14-35)10-4-5-22-19-32-26-9-6-21(17-30)15-25(22)26/h6-9,15-16,18-19,32H,2,4-5,10-14H2,1,3H3/b20-18+,33-28+. The normalized spacial score (nSPS) is 15.2. The number of hydrogen-bond donors (Lipinski definition) is 1. The molecule has 1 fully saturated rings. The van der Waals surface area contributed by atoms with Gasteiger partial charge in [0.15, 0.2) is 0 Å². The molecule has 4 rings (SSSR count). The maximum atomic E-state index is 13.5. The number of fused-ring (bicyclic) bond motifs is 1. The minimum absolute atomic E-state index is 0.340. The van der Waals surface area contributed by atoms with Crippen molar-refractivity contribution in [2.45, 2.75) is 19.8 Å². The van der Waals surface area contributed by atoms with Gasteiger partial charge in [-0.05, 0) is 74.5 Å². The van der Waals surface area contributed by atoms with E-state index in [2.05, 4.69) is 43.8 Å². The minimum Gasteiger partial charge on any atom is -0.496 e. The van der Waals surface area contributed by atoms with Crippen molar-refractivity contribution in [3.8, 4) is 11.8 Å². The molecule has 7 nitrogen and oxygen atoms in total. The molecule has 2 aromatic carbocycles. The first-order valence-corrected chi connectivity index (χ1v) is 12.0. The topological polar surface area (TPSA) is 80.0 Å². The molecule has 1 saturated heterocycles. The molecule has 1 aliphatic heterocycles. The molecular formula is C28H31FN6O. The molecule has 1 aliphatic rings. The quantitative estimate of drug-likeness (QED) is 0.382. The SMILES string of the molecule is C=N/C(=N\C=C(/C)c1ccc(F)cc1OC)N1CCN(CCCc2c[nH]c3ccc(C#N)cc23)CC1. The van der Waals surface area contributed by atoms with Gasteiger partial charge >= 0.3 is 0 Å². The van der Waals surface area contributed by atoms with Gasteiger partial charge < -0.3 is 14.6 Å². The van der Waals surface area contributed by atoms with Crippen LogP contribution in [0, 0.1) is 17.1 Å². The predicted molar refractivity (Wildman–Crippen MR) is 143 cm³/mol. The van der Waals surface area contributed by atoms with Crippen LogP contribution in [0.15, 0.2) is 58.8 Å². The zero-order valence-electron chi connectivity index (χ0n) is 20.8. The summed E-state index contributed by atoms with van der Waals surface area (Å²) in [6.45, 7) is 10.1. The van der Waals surface area contributed by atoms with E-state index < -0.39 is 0 Å². The van der Waals surface area contributed by atoms with Crippen LogP contribution in [0.25, 0.3) is 16.5 Å². The summed E-state index contributed by atoms with van der Waals surface area (Å²) < 4.78 is 18.8. The molecule has 1 N–H and O–H groups in total. The number of aryl methyl sites for hydroxylation is 1. The van der Waals surface area contributed by atoms with Crippen LogP contribution in [0.5, 0.6) is 5.75 Å². The number of ether oxygens (including phenoxy) is 1. The average molecular weight is 487 g/mol. The summed E-state index contributed by atoms with van der Waals surface area (Å²) in [6, 6.07) is 12.5. The van der Waals surface area contributed by atoms with Gasteiger partial charge in [0.1, 0.15) is 11.6 Å². The van der Waals surface area contributed by atoms with Crippen molar-refractivity contribution in [1.29, 1.82) is 5.26 Å². The van der Waals surface area contributed by atoms with Crippen LogP contribution in [-0.4, -0.2) is 67.3 Å². The Kier molecular flexibility index (Phi) is 8.13. The smallest absolute Gasteiger partial charge is 0.224 e. The molecule has 0 unspecified atom stereocenters. The number of guanidine groups is 1. The van der Waals surface area contributed by atoms with E-state index in [1.165, 1.54) is 24.8 Å². The second-order valence-electron chi connectivity index (χ2n) is 8.86. The highest BCUT2D eigenvalue weighted by Crippen LogP contribution is 2.27. The third kappa shape index (κ3) is 5.81. The summed E-state index contributed by atoms with van der Waals surface area (Å²) in [5.41, 5.74) is 4.66. The Balaban J connectivity index is 1.31. The Hall–Kier alpha value is -3.96. The van der Waals surface area contributed by atoms with Gasteiger partial charge in [-0.2, -0.15) is 5.26 Å². The third-order valence-corrected chi connectivity index (χ3v) is 6.58. The molecule has 8 heteroatoms. The van der Waals surface area contributed by atoms with Gasteiger partial charge in [-0.25, -0.2) is 14.4 Å². The molecule has 1 aromatic heterocycles. The van der Waals surface area contributed by atoms with Crippen molar-refractivity contribution >= 4 is 29.2 Å². The molecule has 0 bridgehead atoms. The Bertz CT molecular complexity index is 1330. The lowest BCUT2D eigenvalue weighted by Crippen LogP contribution is -2.48. The van der Waals surface area contributed by atoms with Crippen LogP contribution in [0.2, 0.25) is 0 Å². The highest BCUT2D eigenvalue weighted by molar-refractivity contribution is 5.86. The maximum absolute atomic E-state index is 13.5. The van der Waals surface area contributed by atoms with Gasteiger partial charge in [0, 0.05) is 61.1 Å². The van der Waals surface area contributed by atoms with E-state index in [1.807, 2.05) is 25.1 Å². The van der Waals surface area contributed by atoms with E-state index >= 15 is 0 Å². The second-order valence-corrected chi connectivity index (χ2v) is 8.86. The van der Waals surface area contributed by atoms with Crippen LogP contribution in [0.1, 0.15) is 30.0 Å². The maximum Gasteiger partial charge on any atom is 0.224 e. The Labute approximate surface area is 211 Å². The summed E-state index contributed by atoms with van der Waals surface area (Å²) in [4.78, 5) is 16.6. The zero-order valence-corrected chi connectivity index (χ0v) is 20.8. The minimum atomic E-state index is -0.340. The van der Waals surface area contributed by atoms with Gasteiger partial charge in [0.2, 0.25) is 5.96 Å². The van der Waals surface area contributed by atoms with Crippen molar-refractivity contribution in [3.63, 3.8) is 0 Å². The third-order valence-electron chi connectivity index (χ3n) is 6.58. The molecule has 3 aromatic rings. The fourth-order valence-electron chi connectivity index (χ4n) is 4.56. The van der Waals surface area contributed by atoms with E-state index in [4.69, 9.17) is 4.74 Å². The molecule has 36 heavy (non-hydrogen) atoms. The number of methoxy groups -OCH3 is 1. The van der Waals surface area contributed by atoms with E-state index in [0.29, 0.717) is 17.3 Å². The number of aromatic nitrogens is 1. The molecular weight excluding hydrogens is 455 g/mol. The van der Waals surface area contributed by atoms with Crippen molar-refractivity contribution < 1.29 is 9.13 Å². The Morgan fingerprint density at radius 1 is 1.22 bits per heavy atom. The summed E-state index contributed by atoms with van der Waals surface area (Å²) in [5, 5.41) is 10.3. The van der Waals surface area contributed by atoms with Crippen molar-refractivity contribution in [2.75, 3.05) is 39.8 Å². The second kappa shape index (κ2) is 11.6. The number of aliphatic imine (C=N–C) groups is 2. The summed E-state index contributed by atoms with van der Waals surface area (Å²) in [6.07, 6.45) is 5.79. The number of hydrogen-bond acceptors (Lipinski definition) is 4. The van der Waals surface area contributed by atoms with E-state index in [0.717, 1.165) is 67.6 Å². The van der Waals surface area contributed by atoms with Crippen LogP contribution < -0.4 is 4.74 Å². The van der Waals surface area contributed by atoms with Crippen LogP contribution in [0.4, 0.5) is 4.39 Å². The Morgan fingerprint density at radius 3 is 2.75 bits per heavy atom. The molecule has 0 aliphatic carbocycles. The molecule has 0 amide bonds. The summed E-state index contributed by atoms with van der Waals surface area (Å²) in [7, 11) is 1.52. The predicted octanol–water partition coefficient (Wildman–Crippen LogP) is 4.86. The van der Waals surface area contributed by atoms with Crippen LogP contribution in [-0.2, 0) is 6.42 Å². The van der Waals surface area contributed by atoms with Crippen LogP contribution >= 0.6 is 0 Å². The number of nitrogens with one attached hydrogen (secondary N) is 1. The highest BCUT2D eigenvalue weighted by Gasteiger charge is 2.19. The lowest BCUT2D eigenvalue weighted by Gasteiger charge is -2.35. The number of benzene rings is 2. The van der Waals surface area contributed by atoms with E-state index in [1.54, 1.807) is 12.3 Å². The van der Waals surface area contributed by atoms with Gasteiger partial charge in [-0.15, -0.1) is 0 Å². The number of nitriles is 1. The van der Waals surface area contributed by atoms with Crippen LogP contribution in [0.3, 0.4) is 0 Å². The first-order chi connectivity index (χ1) is 17.5. The summed E-state index contributed by atoms with van der Waals surface area (Å²) in [5.74, 6) is 0.716. The van der Waals surface area contributed by atoms with Gasteiger partial charge in [-0.3, -0.25) is 4.90 Å². The highest BCUT2D eigenvalue weighted by atomic mass is 19.1. The molecule has 2 heterocycles. The monoisotopic (exact) mass is 486 g/mol. The zero-order chi connectivity index (χ0) is 25.5. The first kappa shape index (κ1) is 25.1. The fourth-order valence-corrected chi connectivity index (χ4v) is 4.56. The number of rotatable bonds is 7. The average Bonchev–Trinajstić information content (AvgIpc) is 3.31. The summed E-state index contributed by atoms with van der Waals surface area (Å²) >= 11 is 0. The number of allylic oxidation sites excluding steroid dienone is 1. The number of nitrogens with zero attached hydrogens (tertiary/aromatic N) is 5. The number of piperazine rings is 1. The lowest BCUT2D eigenvalue weighted by atomic mass is 10.1. The van der Waals surface area contributed by atoms with E-state index in [9.17, 15) is 9.65 Å². The largest absolute Gasteiger partial charge is 0.496 e. The Morgan fingerprint density at radius 2 is 2.03 bits per heavy atom. The lowest BCUT2D eigenvalue weighted by molar-refractivity contribution is 0.180. The number of H-pyrrole nitrogens is 1. The van der Waals surface area contributed by atoms with Crippen molar-refractivity contribution in [1.82, 2.24) is 14.8 Å². The van der Waals surface area contributed by atoms with Crippen molar-refractivity contribution in [3.05, 3.63) is 71.3 Å². The van der Waals surface area contributed by atoms with Gasteiger partial charge in [-0.1, -0.05) is 0 Å². The van der Waals surface area contributed by atoms with E-state index in [-0.39, 0.29) is 5.82 Å². The molecule has 0 atom stereocenters. The molecule has 0 spiro atoms. The first-order valence-electron chi connectivity index (χ1n) is 12.0. The number of aromatic amines is 1. The van der Waals surface area contributed by atoms with Crippen molar-refractivity contribution in [2.24, 2.45) is 9.98 Å². The van der Waals surface area contributed by atoms with Gasteiger partial charge in [0.05, 0.1) is 18.7 Å². The fraction of sp³-hybridized carbons (Fsp3) is 0.321. The molecule has 0 radical (unpaired) electrons. The molecule has 186 valence electrons. The molecule has 0 saturated carbocycles. The number of halogens is 1.